The van der Waals surface area contributed by atoms with Crippen LogP contribution in [0.1, 0.15) is 58.3 Å². The molecule has 3 heterocycles. The summed E-state index contributed by atoms with van der Waals surface area (Å²) in [4.78, 5) is 25.4. The molecule has 33 heavy (non-hydrogen) atoms. The zero-order valence-corrected chi connectivity index (χ0v) is 19.9. The van der Waals surface area contributed by atoms with Gasteiger partial charge in [-0.05, 0) is 56.6 Å². The number of nitrogens with zero attached hydrogens (tertiary/aromatic N) is 2. The van der Waals surface area contributed by atoms with Gasteiger partial charge in [0.2, 0.25) is 0 Å². The summed E-state index contributed by atoms with van der Waals surface area (Å²) in [6, 6.07) is 5.00. The molecule has 0 atom stereocenters. The molecule has 0 radical (unpaired) electrons. The van der Waals surface area contributed by atoms with E-state index in [1.807, 2.05) is 6.92 Å². The largest absolute Gasteiger partial charge is 0.495 e. The summed E-state index contributed by atoms with van der Waals surface area (Å²) in [5.41, 5.74) is 2.88. The average molecular weight is 476 g/mol. The van der Waals surface area contributed by atoms with E-state index in [1.54, 1.807) is 22.9 Å². The van der Waals surface area contributed by atoms with Crippen LogP contribution < -0.4 is 10.1 Å². The Hall–Kier alpha value is -2.58. The number of hydrogen-bond donors (Lipinski definition) is 1. The molecule has 1 N–H and O–H groups in total. The molecular formula is C24H30ClN3O5. The van der Waals surface area contributed by atoms with Crippen LogP contribution in [0.4, 0.5) is 0 Å². The molecule has 178 valence electrons. The SMILES string of the molecule is CCn1nc(CCCOC(=O)c2cccc(OC)c2Cl)c2c1C(=O)NCC1(CCOCC1)C2. The van der Waals surface area contributed by atoms with E-state index in [2.05, 4.69) is 5.32 Å². The lowest BCUT2D eigenvalue weighted by atomic mass is 9.75. The van der Waals surface area contributed by atoms with Crippen molar-refractivity contribution in [3.63, 3.8) is 0 Å². The number of aryl methyl sites for hydroxylation is 2. The highest BCUT2D eigenvalue weighted by Crippen LogP contribution is 2.38. The molecule has 8 nitrogen and oxygen atoms in total. The normalized spacial score (nSPS) is 17.2. The van der Waals surface area contributed by atoms with E-state index in [0.29, 0.717) is 50.6 Å². The molecule has 9 heteroatoms. The van der Waals surface area contributed by atoms with Gasteiger partial charge in [-0.2, -0.15) is 5.10 Å². The molecule has 0 aliphatic carbocycles. The molecule has 0 saturated carbocycles. The first-order chi connectivity index (χ1) is 16.0. The summed E-state index contributed by atoms with van der Waals surface area (Å²) in [5.74, 6) is -0.121. The topological polar surface area (TPSA) is 91.7 Å². The van der Waals surface area contributed by atoms with Crippen molar-refractivity contribution in [1.82, 2.24) is 15.1 Å². The standard InChI is InChI=1S/C24H30ClN3O5/c1-3-28-21-17(14-24(15-26-22(21)29)9-12-32-13-10-24)18(27-28)7-5-11-33-23(30)16-6-4-8-19(31-2)20(16)25/h4,6,8H,3,5,7,9-15H2,1-2H3,(H,26,29). The number of benzene rings is 1. The van der Waals surface area contributed by atoms with Crippen LogP contribution in [0.2, 0.25) is 5.02 Å². The second-order valence-corrected chi connectivity index (χ2v) is 9.00. The quantitative estimate of drug-likeness (QED) is 0.487. The van der Waals surface area contributed by atoms with Crippen LogP contribution in [0.5, 0.6) is 5.75 Å². The minimum absolute atomic E-state index is 0.00505. The number of fused-ring (bicyclic) bond motifs is 1. The van der Waals surface area contributed by atoms with E-state index in [0.717, 1.165) is 30.5 Å². The number of halogens is 1. The first-order valence-electron chi connectivity index (χ1n) is 11.4. The van der Waals surface area contributed by atoms with E-state index in [1.165, 1.54) is 7.11 Å². The molecule has 1 amide bonds. The molecular weight excluding hydrogens is 446 g/mol. The monoisotopic (exact) mass is 475 g/mol. The van der Waals surface area contributed by atoms with Crippen molar-refractivity contribution in [2.75, 3.05) is 33.5 Å². The van der Waals surface area contributed by atoms with E-state index in [9.17, 15) is 9.59 Å². The predicted octanol–water partition coefficient (Wildman–Crippen LogP) is 3.44. The highest BCUT2D eigenvalue weighted by atomic mass is 35.5. The van der Waals surface area contributed by atoms with Gasteiger partial charge in [0.1, 0.15) is 11.4 Å². The van der Waals surface area contributed by atoms with Gasteiger partial charge >= 0.3 is 5.97 Å². The Labute approximate surface area is 198 Å². The molecule has 0 unspecified atom stereocenters. The summed E-state index contributed by atoms with van der Waals surface area (Å²) in [6.07, 6.45) is 3.86. The molecule has 2 aliphatic heterocycles. The Morgan fingerprint density at radius 3 is 2.85 bits per heavy atom. The molecule has 2 aliphatic rings. The summed E-state index contributed by atoms with van der Waals surface area (Å²) < 4.78 is 18.0. The van der Waals surface area contributed by atoms with Crippen LogP contribution in [0.25, 0.3) is 0 Å². The van der Waals surface area contributed by atoms with Crippen molar-refractivity contribution >= 4 is 23.5 Å². The molecule has 1 aromatic heterocycles. The Balaban J connectivity index is 1.45. The molecule has 2 aromatic rings. The summed E-state index contributed by atoms with van der Waals surface area (Å²) in [7, 11) is 1.50. The van der Waals surface area contributed by atoms with E-state index in [4.69, 9.17) is 30.9 Å². The third-order valence-electron chi connectivity index (χ3n) is 6.57. The Morgan fingerprint density at radius 1 is 1.33 bits per heavy atom. The summed E-state index contributed by atoms with van der Waals surface area (Å²) >= 11 is 6.23. The van der Waals surface area contributed by atoms with Gasteiger partial charge in [0.05, 0.1) is 30.0 Å². The zero-order chi connectivity index (χ0) is 23.4. The number of hydrogen-bond acceptors (Lipinski definition) is 6. The van der Waals surface area contributed by atoms with Gasteiger partial charge in [-0.25, -0.2) is 4.79 Å². The van der Waals surface area contributed by atoms with E-state index in [-0.39, 0.29) is 28.5 Å². The second kappa shape index (κ2) is 10.1. The number of nitrogens with one attached hydrogen (secondary N) is 1. The maximum Gasteiger partial charge on any atom is 0.339 e. The lowest BCUT2D eigenvalue weighted by Crippen LogP contribution is -2.40. The zero-order valence-electron chi connectivity index (χ0n) is 19.1. The van der Waals surface area contributed by atoms with Crippen molar-refractivity contribution in [2.45, 2.75) is 45.6 Å². The maximum absolute atomic E-state index is 12.9. The third kappa shape index (κ3) is 4.87. The lowest BCUT2D eigenvalue weighted by molar-refractivity contribution is 0.0160. The number of amides is 1. The molecule has 1 saturated heterocycles. The minimum atomic E-state index is -0.489. The van der Waals surface area contributed by atoms with Gasteiger partial charge in [0, 0.05) is 31.9 Å². The first kappa shape index (κ1) is 23.6. The van der Waals surface area contributed by atoms with Gasteiger partial charge in [-0.3, -0.25) is 9.48 Å². The first-order valence-corrected chi connectivity index (χ1v) is 11.8. The van der Waals surface area contributed by atoms with Crippen molar-refractivity contribution in [3.05, 3.63) is 45.7 Å². The van der Waals surface area contributed by atoms with Crippen LogP contribution in [0.15, 0.2) is 18.2 Å². The van der Waals surface area contributed by atoms with Crippen LogP contribution in [0, 0.1) is 5.41 Å². The number of rotatable bonds is 7. The van der Waals surface area contributed by atoms with Crippen LogP contribution in [-0.2, 0) is 28.9 Å². The highest BCUT2D eigenvalue weighted by molar-refractivity contribution is 6.35. The van der Waals surface area contributed by atoms with E-state index >= 15 is 0 Å². The number of methoxy groups -OCH3 is 1. The van der Waals surface area contributed by atoms with Crippen molar-refractivity contribution < 1.29 is 23.8 Å². The smallest absolute Gasteiger partial charge is 0.339 e. The van der Waals surface area contributed by atoms with Crippen molar-refractivity contribution in [3.8, 4) is 5.75 Å². The van der Waals surface area contributed by atoms with Crippen molar-refractivity contribution in [2.24, 2.45) is 5.41 Å². The second-order valence-electron chi connectivity index (χ2n) is 8.62. The average Bonchev–Trinajstić information content (AvgIpc) is 3.10. The van der Waals surface area contributed by atoms with Gasteiger partial charge < -0.3 is 19.5 Å². The Bertz CT molecular complexity index is 1030. The Kier molecular flexibility index (Phi) is 7.24. The van der Waals surface area contributed by atoms with Crippen LogP contribution in [-0.4, -0.2) is 55.1 Å². The fraction of sp³-hybridized carbons (Fsp3) is 0.542. The number of aromatic nitrogens is 2. The van der Waals surface area contributed by atoms with Gasteiger partial charge in [0.25, 0.3) is 5.91 Å². The Morgan fingerprint density at radius 2 is 2.12 bits per heavy atom. The number of carbonyl (C=O) groups is 2. The number of esters is 1. The fourth-order valence-corrected chi connectivity index (χ4v) is 4.95. The van der Waals surface area contributed by atoms with Crippen LogP contribution >= 0.6 is 11.6 Å². The van der Waals surface area contributed by atoms with E-state index < -0.39 is 5.97 Å². The maximum atomic E-state index is 12.9. The summed E-state index contributed by atoms with van der Waals surface area (Å²) in [6.45, 7) is 4.92. The van der Waals surface area contributed by atoms with Crippen molar-refractivity contribution in [1.29, 1.82) is 0 Å². The molecule has 0 bridgehead atoms. The highest BCUT2D eigenvalue weighted by Gasteiger charge is 2.39. The predicted molar refractivity (Wildman–Crippen MR) is 123 cm³/mol. The number of ether oxygens (including phenoxy) is 3. The summed E-state index contributed by atoms with van der Waals surface area (Å²) in [5, 5.41) is 8.10. The number of carbonyl (C=O) groups excluding carboxylic acids is 2. The minimum Gasteiger partial charge on any atom is -0.495 e. The molecule has 1 aromatic carbocycles. The van der Waals surface area contributed by atoms with Crippen LogP contribution in [0.3, 0.4) is 0 Å². The fourth-order valence-electron chi connectivity index (χ4n) is 4.67. The third-order valence-corrected chi connectivity index (χ3v) is 6.96. The van der Waals surface area contributed by atoms with Gasteiger partial charge in [-0.1, -0.05) is 17.7 Å². The van der Waals surface area contributed by atoms with Gasteiger partial charge in [-0.15, -0.1) is 0 Å². The molecule has 1 fully saturated rings. The molecule has 4 rings (SSSR count). The van der Waals surface area contributed by atoms with Gasteiger partial charge in [0.15, 0.2) is 0 Å². The molecule has 1 spiro atoms. The lowest BCUT2D eigenvalue weighted by Gasteiger charge is -2.36.